The van der Waals surface area contributed by atoms with Crippen LogP contribution < -0.4 is 0 Å². The van der Waals surface area contributed by atoms with E-state index in [-0.39, 0.29) is 0 Å². The summed E-state index contributed by atoms with van der Waals surface area (Å²) in [6, 6.07) is 14.9. The van der Waals surface area contributed by atoms with Gasteiger partial charge < -0.3 is 14.6 Å². The quantitative estimate of drug-likeness (QED) is 0.646. The second-order valence-electron chi connectivity index (χ2n) is 9.57. The second kappa shape index (κ2) is 9.07. The van der Waals surface area contributed by atoms with Gasteiger partial charge in [0.05, 0.1) is 5.41 Å². The number of H-pyrrole nitrogens is 1. The fraction of sp³-hybridized carbons (Fsp3) is 0.481. The average molecular weight is 432 g/mol. The Bertz CT molecular complexity index is 1070. The molecule has 3 aromatic rings. The summed E-state index contributed by atoms with van der Waals surface area (Å²) in [5, 5.41) is 1.16. The molecular weight excluding hydrogens is 398 g/mol. The van der Waals surface area contributed by atoms with Crippen molar-refractivity contribution in [1.29, 1.82) is 0 Å². The number of amides is 1. The van der Waals surface area contributed by atoms with Crippen molar-refractivity contribution in [3.8, 4) is 0 Å². The fourth-order valence-corrected chi connectivity index (χ4v) is 5.47. The van der Waals surface area contributed by atoms with Crippen LogP contribution in [0.15, 0.2) is 48.7 Å². The Kier molecular flexibility index (Phi) is 6.01. The molecule has 1 aromatic carbocycles. The van der Waals surface area contributed by atoms with Gasteiger partial charge in [0, 0.05) is 43.6 Å². The number of aromatic nitrogens is 2. The van der Waals surface area contributed by atoms with Gasteiger partial charge in [-0.05, 0) is 75.1 Å². The van der Waals surface area contributed by atoms with Crippen molar-refractivity contribution in [1.82, 2.24) is 14.9 Å². The molecule has 5 rings (SSSR count). The van der Waals surface area contributed by atoms with E-state index >= 15 is 0 Å². The van der Waals surface area contributed by atoms with E-state index in [2.05, 4.69) is 59.3 Å². The number of carbonyl (C=O) groups excluding carboxylic acids is 1. The Morgan fingerprint density at radius 2 is 1.91 bits per heavy atom. The number of aryl methyl sites for hydroxylation is 1. The zero-order valence-electron chi connectivity index (χ0n) is 19.0. The maximum Gasteiger partial charge on any atom is 0.233 e. The Balaban J connectivity index is 1.30. The molecule has 0 saturated carbocycles. The maximum absolute atomic E-state index is 13.9. The Morgan fingerprint density at radius 3 is 2.72 bits per heavy atom. The molecule has 0 unspecified atom stereocenters. The number of hydrogen-bond donors (Lipinski definition) is 1. The number of likely N-dealkylation sites (tertiary alicyclic amines) is 1. The number of hydrogen-bond acceptors (Lipinski definition) is 3. The zero-order chi connectivity index (χ0) is 22.0. The van der Waals surface area contributed by atoms with Crippen molar-refractivity contribution < 1.29 is 9.53 Å². The summed E-state index contributed by atoms with van der Waals surface area (Å²) in [4.78, 5) is 24.1. The third kappa shape index (κ3) is 4.18. The maximum atomic E-state index is 13.9. The SMILES string of the molecule is Cc1ccc(C2(C(=O)N3CCC[C@@H](Cc4ccc5cc[nH]c5n4)CC3)CCOCC2)cc1. The Labute approximate surface area is 190 Å². The van der Waals surface area contributed by atoms with Crippen LogP contribution >= 0.6 is 0 Å². The normalized spacial score (nSPS) is 21.4. The standard InChI is InChI=1S/C27H33N3O2/c1-20-4-7-23(8-5-20)27(12-17-32-18-13-27)26(31)30-15-2-3-21(11-16-30)19-24-9-6-22-10-14-28-25(22)29-24/h4-10,14,21H,2-3,11-13,15-19H2,1H3,(H,28,29)/t21-/m1/s1. The zero-order valence-corrected chi connectivity index (χ0v) is 19.0. The van der Waals surface area contributed by atoms with Crippen molar-refractivity contribution in [3.63, 3.8) is 0 Å². The Morgan fingerprint density at radius 1 is 1.09 bits per heavy atom. The monoisotopic (exact) mass is 431 g/mol. The highest BCUT2D eigenvalue weighted by molar-refractivity contribution is 5.88. The first kappa shape index (κ1) is 21.2. The van der Waals surface area contributed by atoms with Gasteiger partial charge in [-0.1, -0.05) is 29.8 Å². The fourth-order valence-electron chi connectivity index (χ4n) is 5.47. The van der Waals surface area contributed by atoms with E-state index in [0.29, 0.717) is 25.0 Å². The minimum absolute atomic E-state index is 0.302. The summed E-state index contributed by atoms with van der Waals surface area (Å²) in [7, 11) is 0. The summed E-state index contributed by atoms with van der Waals surface area (Å²) in [5.41, 5.74) is 4.05. The van der Waals surface area contributed by atoms with Gasteiger partial charge in [0.1, 0.15) is 5.65 Å². The molecule has 1 amide bonds. The lowest BCUT2D eigenvalue weighted by atomic mass is 9.72. The van der Waals surface area contributed by atoms with Crippen molar-refractivity contribution in [3.05, 3.63) is 65.5 Å². The number of benzene rings is 1. The number of rotatable bonds is 4. The van der Waals surface area contributed by atoms with E-state index in [1.54, 1.807) is 0 Å². The molecule has 5 heteroatoms. The van der Waals surface area contributed by atoms with Gasteiger partial charge in [0.2, 0.25) is 5.91 Å². The van der Waals surface area contributed by atoms with Crippen LogP contribution in [-0.2, 0) is 21.4 Å². The van der Waals surface area contributed by atoms with Crippen molar-refractivity contribution in [2.45, 2.75) is 50.9 Å². The molecule has 2 aromatic heterocycles. The van der Waals surface area contributed by atoms with Gasteiger partial charge in [-0.25, -0.2) is 4.98 Å². The molecule has 168 valence electrons. The van der Waals surface area contributed by atoms with Crippen LogP contribution in [0.2, 0.25) is 0 Å². The topological polar surface area (TPSA) is 58.2 Å². The molecule has 0 spiro atoms. The minimum atomic E-state index is -0.438. The van der Waals surface area contributed by atoms with Crippen LogP contribution in [0.5, 0.6) is 0 Å². The van der Waals surface area contributed by atoms with E-state index in [1.165, 1.54) is 5.56 Å². The molecule has 2 aliphatic heterocycles. The van der Waals surface area contributed by atoms with E-state index in [0.717, 1.165) is 73.9 Å². The van der Waals surface area contributed by atoms with Crippen molar-refractivity contribution in [2.24, 2.45) is 5.92 Å². The minimum Gasteiger partial charge on any atom is -0.381 e. The second-order valence-corrected chi connectivity index (χ2v) is 9.57. The smallest absolute Gasteiger partial charge is 0.233 e. The molecule has 2 fully saturated rings. The Hall–Kier alpha value is -2.66. The lowest BCUT2D eigenvalue weighted by molar-refractivity contribution is -0.141. The number of fused-ring (bicyclic) bond motifs is 1. The molecular formula is C27H33N3O2. The van der Waals surface area contributed by atoms with Crippen LogP contribution in [0, 0.1) is 12.8 Å². The highest BCUT2D eigenvalue weighted by Gasteiger charge is 2.44. The first-order valence-corrected chi connectivity index (χ1v) is 12.0. The summed E-state index contributed by atoms with van der Waals surface area (Å²) in [6.07, 6.45) is 7.71. The van der Waals surface area contributed by atoms with Gasteiger partial charge in [-0.15, -0.1) is 0 Å². The number of carbonyl (C=O) groups is 1. The third-order valence-electron chi connectivity index (χ3n) is 7.46. The predicted octanol–water partition coefficient (Wildman–Crippen LogP) is 4.79. The van der Waals surface area contributed by atoms with E-state index in [9.17, 15) is 4.79 Å². The number of ether oxygens (including phenoxy) is 1. The van der Waals surface area contributed by atoms with Crippen molar-refractivity contribution >= 4 is 16.9 Å². The van der Waals surface area contributed by atoms with Crippen molar-refractivity contribution in [2.75, 3.05) is 26.3 Å². The third-order valence-corrected chi connectivity index (χ3v) is 7.46. The first-order chi connectivity index (χ1) is 15.6. The van der Waals surface area contributed by atoms with Crippen LogP contribution in [0.3, 0.4) is 0 Å². The molecule has 0 bridgehead atoms. The van der Waals surface area contributed by atoms with Crippen LogP contribution in [0.25, 0.3) is 11.0 Å². The van der Waals surface area contributed by atoms with Gasteiger partial charge in [-0.2, -0.15) is 0 Å². The molecule has 4 heterocycles. The predicted molar refractivity (Wildman–Crippen MR) is 127 cm³/mol. The highest BCUT2D eigenvalue weighted by atomic mass is 16.5. The molecule has 5 nitrogen and oxygen atoms in total. The van der Waals surface area contributed by atoms with E-state index in [1.807, 2.05) is 6.20 Å². The molecule has 2 aliphatic rings. The van der Waals surface area contributed by atoms with Crippen LogP contribution in [-0.4, -0.2) is 47.1 Å². The highest BCUT2D eigenvalue weighted by Crippen LogP contribution is 2.38. The molecule has 2 saturated heterocycles. The van der Waals surface area contributed by atoms with Crippen LogP contribution in [0.1, 0.15) is 48.9 Å². The summed E-state index contributed by atoms with van der Waals surface area (Å²) < 4.78 is 5.66. The lowest BCUT2D eigenvalue weighted by Gasteiger charge is -2.40. The number of pyridine rings is 1. The molecule has 0 aliphatic carbocycles. The molecule has 1 atom stereocenters. The summed E-state index contributed by atoms with van der Waals surface area (Å²) in [5.74, 6) is 0.869. The van der Waals surface area contributed by atoms with Gasteiger partial charge in [-0.3, -0.25) is 4.79 Å². The molecule has 1 N–H and O–H groups in total. The van der Waals surface area contributed by atoms with E-state index in [4.69, 9.17) is 9.72 Å². The van der Waals surface area contributed by atoms with Gasteiger partial charge >= 0.3 is 0 Å². The average Bonchev–Trinajstić information content (AvgIpc) is 3.17. The number of nitrogens with one attached hydrogen (secondary N) is 1. The first-order valence-electron chi connectivity index (χ1n) is 12.0. The van der Waals surface area contributed by atoms with E-state index < -0.39 is 5.41 Å². The summed E-state index contributed by atoms with van der Waals surface area (Å²) in [6.45, 7) is 5.10. The number of aromatic amines is 1. The van der Waals surface area contributed by atoms with Gasteiger partial charge in [0.15, 0.2) is 0 Å². The lowest BCUT2D eigenvalue weighted by Crippen LogP contribution is -2.50. The molecule has 32 heavy (non-hydrogen) atoms. The van der Waals surface area contributed by atoms with Crippen LogP contribution in [0.4, 0.5) is 0 Å². The largest absolute Gasteiger partial charge is 0.381 e. The summed E-state index contributed by atoms with van der Waals surface area (Å²) >= 11 is 0. The van der Waals surface area contributed by atoms with Gasteiger partial charge in [0.25, 0.3) is 0 Å². The molecule has 0 radical (unpaired) electrons. The number of nitrogens with zero attached hydrogens (tertiary/aromatic N) is 2.